The predicted molar refractivity (Wildman–Crippen MR) is 292 cm³/mol. The predicted octanol–water partition coefficient (Wildman–Crippen LogP) is 18.4. The lowest BCUT2D eigenvalue weighted by molar-refractivity contribution is -0.143. The molecule has 394 valence electrons. The van der Waals surface area contributed by atoms with Crippen LogP contribution in [0.3, 0.4) is 0 Å². The summed E-state index contributed by atoms with van der Waals surface area (Å²) in [5.41, 5.74) is 0. The summed E-state index contributed by atoms with van der Waals surface area (Å²) in [6.07, 6.45) is 70.3. The highest BCUT2D eigenvalue weighted by Gasteiger charge is 2.18. The molecule has 0 fully saturated rings. The number of allylic oxidation sites excluding steroid dienone is 5. The van der Waals surface area contributed by atoms with Gasteiger partial charge in [0.1, 0.15) is 0 Å². The molecular formula is C61H115NO5. The molecule has 0 saturated carbocycles. The molecule has 0 aromatic carbocycles. The highest BCUT2D eigenvalue weighted by Crippen LogP contribution is 2.17. The second-order valence-electron chi connectivity index (χ2n) is 20.3. The fourth-order valence-electron chi connectivity index (χ4n) is 9.03. The highest BCUT2D eigenvalue weighted by molar-refractivity contribution is 5.76. The molecule has 0 aliphatic carbocycles. The van der Waals surface area contributed by atoms with Crippen LogP contribution >= 0.6 is 0 Å². The Morgan fingerprint density at radius 2 is 0.701 bits per heavy atom. The Morgan fingerprint density at radius 3 is 1.06 bits per heavy atom. The van der Waals surface area contributed by atoms with Gasteiger partial charge in [-0.15, -0.1) is 0 Å². The second-order valence-corrected chi connectivity index (χ2v) is 20.3. The van der Waals surface area contributed by atoms with Gasteiger partial charge in [-0.3, -0.25) is 9.59 Å². The van der Waals surface area contributed by atoms with Gasteiger partial charge in [0, 0.05) is 12.8 Å². The second kappa shape index (κ2) is 56.7. The number of hydrogen-bond acceptors (Lipinski definition) is 5. The van der Waals surface area contributed by atoms with Crippen LogP contribution in [0.15, 0.2) is 36.5 Å². The smallest absolute Gasteiger partial charge is 0.305 e. The Hall–Kier alpha value is -1.92. The van der Waals surface area contributed by atoms with Crippen LogP contribution in [-0.2, 0) is 14.3 Å². The number of carbonyl (C=O) groups is 2. The lowest BCUT2D eigenvalue weighted by atomic mass is 10.0. The molecule has 0 heterocycles. The van der Waals surface area contributed by atoms with Crippen LogP contribution in [0.1, 0.15) is 316 Å². The van der Waals surface area contributed by atoms with Crippen molar-refractivity contribution in [3.8, 4) is 0 Å². The molecule has 0 rings (SSSR count). The summed E-state index contributed by atoms with van der Waals surface area (Å²) in [5.74, 6) is -0.140. The highest BCUT2D eigenvalue weighted by atomic mass is 16.5. The maximum Gasteiger partial charge on any atom is 0.305 e. The van der Waals surface area contributed by atoms with Crippen LogP contribution in [0.25, 0.3) is 0 Å². The Kier molecular flexibility index (Phi) is 55.0. The zero-order chi connectivity index (χ0) is 48.6. The van der Waals surface area contributed by atoms with Crippen LogP contribution in [0.5, 0.6) is 0 Å². The Morgan fingerprint density at radius 1 is 0.403 bits per heavy atom. The molecule has 0 aromatic rings. The molecule has 3 N–H and O–H groups in total. The third-order valence-electron chi connectivity index (χ3n) is 13.6. The van der Waals surface area contributed by atoms with E-state index in [-0.39, 0.29) is 18.5 Å². The number of esters is 1. The molecule has 6 nitrogen and oxygen atoms in total. The van der Waals surface area contributed by atoms with Crippen LogP contribution < -0.4 is 5.32 Å². The lowest BCUT2D eigenvalue weighted by Gasteiger charge is -2.20. The number of rotatable bonds is 55. The lowest BCUT2D eigenvalue weighted by Crippen LogP contribution is -2.45. The van der Waals surface area contributed by atoms with Gasteiger partial charge in [-0.1, -0.05) is 256 Å². The topological polar surface area (TPSA) is 95.9 Å². The summed E-state index contributed by atoms with van der Waals surface area (Å²) in [4.78, 5) is 24.6. The van der Waals surface area contributed by atoms with Gasteiger partial charge in [-0.25, -0.2) is 0 Å². The first-order valence-electron chi connectivity index (χ1n) is 29.8. The summed E-state index contributed by atoms with van der Waals surface area (Å²) in [6.45, 7) is 4.83. The molecule has 67 heavy (non-hydrogen) atoms. The van der Waals surface area contributed by atoms with Crippen molar-refractivity contribution in [2.45, 2.75) is 328 Å². The average Bonchev–Trinajstić information content (AvgIpc) is 3.33. The maximum atomic E-state index is 12.5. The largest absolute Gasteiger partial charge is 0.466 e. The quantitative estimate of drug-likeness (QED) is 0.0321. The van der Waals surface area contributed by atoms with E-state index in [2.05, 4.69) is 43.5 Å². The molecule has 1 amide bonds. The van der Waals surface area contributed by atoms with Gasteiger partial charge in [0.05, 0.1) is 25.4 Å². The minimum Gasteiger partial charge on any atom is -0.466 e. The van der Waals surface area contributed by atoms with E-state index in [1.807, 2.05) is 6.08 Å². The molecule has 2 atom stereocenters. The molecule has 2 unspecified atom stereocenters. The number of nitrogens with one attached hydrogen (secondary N) is 1. The van der Waals surface area contributed by atoms with Crippen molar-refractivity contribution < 1.29 is 24.5 Å². The van der Waals surface area contributed by atoms with E-state index in [0.29, 0.717) is 19.4 Å². The first kappa shape index (κ1) is 65.1. The minimum absolute atomic E-state index is 0.0385. The van der Waals surface area contributed by atoms with Crippen LogP contribution in [-0.4, -0.2) is 47.4 Å². The van der Waals surface area contributed by atoms with E-state index in [1.54, 1.807) is 6.08 Å². The Bertz CT molecular complexity index is 1090. The first-order chi connectivity index (χ1) is 33.0. The molecule has 0 spiro atoms. The third-order valence-corrected chi connectivity index (χ3v) is 13.6. The van der Waals surface area contributed by atoms with E-state index in [9.17, 15) is 19.8 Å². The number of aliphatic hydroxyl groups excluding tert-OH is 2. The van der Waals surface area contributed by atoms with E-state index in [0.717, 1.165) is 77.0 Å². The molecule has 0 aliphatic heterocycles. The number of hydrogen-bond donors (Lipinski definition) is 3. The number of unbranched alkanes of at least 4 members (excludes halogenated alkanes) is 40. The van der Waals surface area contributed by atoms with Crippen LogP contribution in [0.2, 0.25) is 0 Å². The standard InChI is InChI=1S/C61H115NO5/c1-3-5-7-9-11-13-15-17-19-21-23-24-26-27-29-31-33-37-41-45-49-53-59(64)58(57-63)62-60(65)54-50-46-42-38-35-36-40-44-48-52-56-67-61(66)55-51-47-43-39-34-32-30-28-25-22-20-18-16-14-12-10-8-6-4-2/h18,20,36,40,49,53,58-59,63-64H,3-17,19,21-35,37-39,41-48,50-52,54-57H2,1-2H3,(H,62,65)/b20-18-,40-36-,53-49+. The van der Waals surface area contributed by atoms with Gasteiger partial charge in [-0.2, -0.15) is 0 Å². The van der Waals surface area contributed by atoms with Crippen molar-refractivity contribution >= 4 is 11.9 Å². The normalized spacial score (nSPS) is 12.8. The van der Waals surface area contributed by atoms with Crippen molar-refractivity contribution in [1.29, 1.82) is 0 Å². The summed E-state index contributed by atoms with van der Waals surface area (Å²) in [5, 5.41) is 23.1. The Labute approximate surface area is 417 Å². The monoisotopic (exact) mass is 942 g/mol. The summed E-state index contributed by atoms with van der Waals surface area (Å²) >= 11 is 0. The molecule has 0 bridgehead atoms. The molecule has 0 aromatic heterocycles. The minimum atomic E-state index is -0.868. The molecule has 6 heteroatoms. The van der Waals surface area contributed by atoms with Gasteiger partial charge in [0.2, 0.25) is 5.91 Å². The van der Waals surface area contributed by atoms with Crippen LogP contribution in [0, 0.1) is 0 Å². The van der Waals surface area contributed by atoms with Gasteiger partial charge >= 0.3 is 5.97 Å². The van der Waals surface area contributed by atoms with Crippen molar-refractivity contribution in [3.05, 3.63) is 36.5 Å². The van der Waals surface area contributed by atoms with E-state index in [1.165, 1.54) is 212 Å². The zero-order valence-corrected chi connectivity index (χ0v) is 44.9. The van der Waals surface area contributed by atoms with Crippen molar-refractivity contribution in [3.63, 3.8) is 0 Å². The van der Waals surface area contributed by atoms with Crippen molar-refractivity contribution in [2.24, 2.45) is 0 Å². The number of amides is 1. The average molecular weight is 943 g/mol. The maximum absolute atomic E-state index is 12.5. The number of ether oxygens (including phenoxy) is 1. The summed E-state index contributed by atoms with van der Waals surface area (Å²) in [7, 11) is 0. The van der Waals surface area contributed by atoms with Gasteiger partial charge in [0.25, 0.3) is 0 Å². The Balaban J connectivity index is 3.53. The fourth-order valence-corrected chi connectivity index (χ4v) is 9.03. The molecule has 0 saturated heterocycles. The van der Waals surface area contributed by atoms with Gasteiger partial charge in [0.15, 0.2) is 0 Å². The van der Waals surface area contributed by atoms with Gasteiger partial charge < -0.3 is 20.3 Å². The number of carbonyl (C=O) groups excluding carboxylic acids is 2. The third kappa shape index (κ3) is 53.3. The summed E-state index contributed by atoms with van der Waals surface area (Å²) in [6, 6.07) is -0.655. The van der Waals surface area contributed by atoms with E-state index >= 15 is 0 Å². The number of aliphatic hydroxyl groups is 2. The zero-order valence-electron chi connectivity index (χ0n) is 44.9. The molecule has 0 radical (unpaired) electrons. The van der Waals surface area contributed by atoms with Gasteiger partial charge in [-0.05, 0) is 83.5 Å². The molecular weight excluding hydrogens is 827 g/mol. The SMILES string of the molecule is CCCCCCCC/C=C\CCCCCCCCCCCC(=O)OCCCC/C=C\CCCCCCC(=O)NC(CO)C(O)/C=C/CCCCCCCCCCCCCCCCCCCCC. The van der Waals surface area contributed by atoms with Crippen LogP contribution in [0.4, 0.5) is 0 Å². The van der Waals surface area contributed by atoms with Crippen molar-refractivity contribution in [1.82, 2.24) is 5.32 Å². The summed E-state index contributed by atoms with van der Waals surface area (Å²) < 4.78 is 5.45. The fraction of sp³-hybridized carbons (Fsp3) is 0.869. The van der Waals surface area contributed by atoms with E-state index < -0.39 is 12.1 Å². The van der Waals surface area contributed by atoms with E-state index in [4.69, 9.17) is 4.74 Å². The molecule has 0 aliphatic rings. The van der Waals surface area contributed by atoms with Crippen molar-refractivity contribution in [2.75, 3.05) is 13.2 Å². The first-order valence-corrected chi connectivity index (χ1v) is 29.8.